The molecule has 0 N–H and O–H groups in total. The third-order valence-electron chi connectivity index (χ3n) is 4.60. The standard InChI is InChI=1S/C19H16ClFN2O2S/c20-15-5-3-14(4-6-15)19-18-2-1-11-22(18)12-13-23(19)26(24,25)17-9-7-16(21)8-10-17/h1-11,19H,12-13H2/t19-/m0/s1. The number of halogens is 2. The number of benzene rings is 2. The van der Waals surface area contributed by atoms with Crippen molar-refractivity contribution in [3.05, 3.63) is 89.0 Å². The number of hydrogen-bond acceptors (Lipinski definition) is 2. The molecular weight excluding hydrogens is 375 g/mol. The van der Waals surface area contributed by atoms with Gasteiger partial charge >= 0.3 is 0 Å². The van der Waals surface area contributed by atoms with Crippen LogP contribution in [0.4, 0.5) is 4.39 Å². The van der Waals surface area contributed by atoms with Crippen LogP contribution in [0, 0.1) is 5.82 Å². The molecule has 3 aromatic rings. The normalized spacial score (nSPS) is 17.8. The first-order valence-electron chi connectivity index (χ1n) is 8.15. The molecule has 2 aromatic carbocycles. The topological polar surface area (TPSA) is 42.3 Å². The maximum atomic E-state index is 13.2. The first kappa shape index (κ1) is 17.3. The Morgan fingerprint density at radius 1 is 0.962 bits per heavy atom. The van der Waals surface area contributed by atoms with E-state index in [4.69, 9.17) is 11.6 Å². The van der Waals surface area contributed by atoms with Crippen molar-refractivity contribution in [1.82, 2.24) is 8.87 Å². The zero-order chi connectivity index (χ0) is 18.3. The largest absolute Gasteiger partial charge is 0.348 e. The summed E-state index contributed by atoms with van der Waals surface area (Å²) in [5.74, 6) is -0.467. The van der Waals surface area contributed by atoms with Crippen molar-refractivity contribution in [2.24, 2.45) is 0 Å². The Kier molecular flexibility index (Phi) is 4.34. The molecule has 0 fully saturated rings. The van der Waals surface area contributed by atoms with E-state index in [0.717, 1.165) is 23.4 Å². The second kappa shape index (κ2) is 6.54. The van der Waals surface area contributed by atoms with Gasteiger partial charge in [-0.1, -0.05) is 23.7 Å². The van der Waals surface area contributed by atoms with E-state index in [1.54, 1.807) is 12.1 Å². The van der Waals surface area contributed by atoms with Crippen LogP contribution in [0.2, 0.25) is 5.02 Å². The first-order chi connectivity index (χ1) is 12.5. The van der Waals surface area contributed by atoms with Gasteiger partial charge in [0.05, 0.1) is 10.9 Å². The lowest BCUT2D eigenvalue weighted by Crippen LogP contribution is -2.42. The van der Waals surface area contributed by atoms with Gasteiger partial charge in [0.15, 0.2) is 0 Å². The second-order valence-corrected chi connectivity index (χ2v) is 8.48. The Balaban J connectivity index is 1.83. The molecule has 0 spiro atoms. The summed E-state index contributed by atoms with van der Waals surface area (Å²) in [6, 6.07) is 15.5. The van der Waals surface area contributed by atoms with Gasteiger partial charge in [-0.15, -0.1) is 0 Å². The molecule has 1 aromatic heterocycles. The molecule has 1 aliphatic heterocycles. The lowest BCUT2D eigenvalue weighted by Gasteiger charge is -2.36. The van der Waals surface area contributed by atoms with Gasteiger partial charge in [0, 0.05) is 30.0 Å². The molecule has 0 aliphatic carbocycles. The molecule has 26 heavy (non-hydrogen) atoms. The number of nitrogens with zero attached hydrogens (tertiary/aromatic N) is 2. The highest BCUT2D eigenvalue weighted by atomic mass is 35.5. The summed E-state index contributed by atoms with van der Waals surface area (Å²) in [5.41, 5.74) is 1.73. The highest BCUT2D eigenvalue weighted by Crippen LogP contribution is 2.36. The van der Waals surface area contributed by atoms with Gasteiger partial charge in [-0.25, -0.2) is 12.8 Å². The highest BCUT2D eigenvalue weighted by Gasteiger charge is 2.37. The van der Waals surface area contributed by atoms with Gasteiger partial charge in [0.1, 0.15) is 5.82 Å². The van der Waals surface area contributed by atoms with Gasteiger partial charge < -0.3 is 4.57 Å². The summed E-state index contributed by atoms with van der Waals surface area (Å²) < 4.78 is 43.2. The van der Waals surface area contributed by atoms with E-state index in [9.17, 15) is 12.8 Å². The maximum absolute atomic E-state index is 13.2. The number of hydrogen-bond donors (Lipinski definition) is 0. The third-order valence-corrected chi connectivity index (χ3v) is 6.73. The van der Waals surface area contributed by atoms with Crippen LogP contribution in [-0.4, -0.2) is 23.8 Å². The summed E-state index contributed by atoms with van der Waals surface area (Å²) in [6.07, 6.45) is 1.94. The number of aromatic nitrogens is 1. The van der Waals surface area contributed by atoms with Crippen LogP contribution >= 0.6 is 11.6 Å². The van der Waals surface area contributed by atoms with Crippen molar-refractivity contribution in [2.45, 2.75) is 17.5 Å². The van der Waals surface area contributed by atoms with Crippen molar-refractivity contribution < 1.29 is 12.8 Å². The number of fused-ring (bicyclic) bond motifs is 1. The van der Waals surface area contributed by atoms with E-state index in [0.29, 0.717) is 18.1 Å². The van der Waals surface area contributed by atoms with Crippen molar-refractivity contribution >= 4 is 21.6 Å². The Morgan fingerprint density at radius 2 is 1.65 bits per heavy atom. The fourth-order valence-electron chi connectivity index (χ4n) is 3.35. The average molecular weight is 391 g/mol. The smallest absolute Gasteiger partial charge is 0.244 e. The monoisotopic (exact) mass is 390 g/mol. The summed E-state index contributed by atoms with van der Waals surface area (Å²) in [4.78, 5) is 0.0814. The molecule has 0 saturated carbocycles. The molecule has 0 unspecified atom stereocenters. The predicted octanol–water partition coefficient (Wildman–Crippen LogP) is 4.07. The van der Waals surface area contributed by atoms with E-state index in [1.807, 2.05) is 30.5 Å². The molecule has 0 radical (unpaired) electrons. The Bertz CT molecular complexity index is 1030. The summed E-state index contributed by atoms with van der Waals surface area (Å²) in [5, 5.41) is 0.591. The first-order valence-corrected chi connectivity index (χ1v) is 9.96. The van der Waals surface area contributed by atoms with E-state index in [2.05, 4.69) is 4.57 Å². The third kappa shape index (κ3) is 2.94. The summed E-state index contributed by atoms with van der Waals surface area (Å²) in [7, 11) is -3.79. The Morgan fingerprint density at radius 3 is 2.35 bits per heavy atom. The summed E-state index contributed by atoms with van der Waals surface area (Å²) in [6.45, 7) is 0.890. The van der Waals surface area contributed by atoms with Gasteiger partial charge in [-0.3, -0.25) is 0 Å². The van der Waals surface area contributed by atoms with Crippen molar-refractivity contribution in [3.63, 3.8) is 0 Å². The van der Waals surface area contributed by atoms with Crippen LogP contribution < -0.4 is 0 Å². The predicted molar refractivity (Wildman–Crippen MR) is 98.0 cm³/mol. The van der Waals surface area contributed by atoms with E-state index < -0.39 is 21.9 Å². The van der Waals surface area contributed by atoms with Crippen LogP contribution in [-0.2, 0) is 16.6 Å². The fourth-order valence-corrected chi connectivity index (χ4v) is 5.05. The number of sulfonamides is 1. The molecule has 1 atom stereocenters. The average Bonchev–Trinajstić information content (AvgIpc) is 3.11. The lowest BCUT2D eigenvalue weighted by molar-refractivity contribution is 0.298. The SMILES string of the molecule is O=S(=O)(c1ccc(F)cc1)N1CCn2cccc2[C@@H]1c1ccc(Cl)cc1. The highest BCUT2D eigenvalue weighted by molar-refractivity contribution is 7.89. The van der Waals surface area contributed by atoms with Gasteiger partial charge in [-0.05, 0) is 54.1 Å². The van der Waals surface area contributed by atoms with Gasteiger partial charge in [-0.2, -0.15) is 4.31 Å². The molecule has 4 rings (SSSR count). The zero-order valence-electron chi connectivity index (χ0n) is 13.7. The molecule has 2 heterocycles. The minimum atomic E-state index is -3.79. The van der Waals surface area contributed by atoms with Crippen molar-refractivity contribution in [1.29, 1.82) is 0 Å². The molecule has 134 valence electrons. The van der Waals surface area contributed by atoms with Crippen LogP contribution in [0.3, 0.4) is 0 Å². The van der Waals surface area contributed by atoms with Crippen molar-refractivity contribution in [2.75, 3.05) is 6.54 Å². The second-order valence-electron chi connectivity index (χ2n) is 6.15. The van der Waals surface area contributed by atoms with E-state index >= 15 is 0 Å². The molecule has 0 saturated heterocycles. The Labute approximate surface area is 156 Å². The maximum Gasteiger partial charge on any atom is 0.244 e. The quantitative estimate of drug-likeness (QED) is 0.676. The van der Waals surface area contributed by atoms with Crippen LogP contribution in [0.5, 0.6) is 0 Å². The molecule has 1 aliphatic rings. The van der Waals surface area contributed by atoms with Crippen LogP contribution in [0.25, 0.3) is 0 Å². The van der Waals surface area contributed by atoms with Crippen molar-refractivity contribution in [3.8, 4) is 0 Å². The molecular formula is C19H16ClFN2O2S. The lowest BCUT2D eigenvalue weighted by atomic mass is 10.0. The molecule has 4 nitrogen and oxygen atoms in total. The van der Waals surface area contributed by atoms with E-state index in [1.165, 1.54) is 16.4 Å². The fraction of sp³-hybridized carbons (Fsp3) is 0.158. The molecule has 7 heteroatoms. The van der Waals surface area contributed by atoms with Crippen LogP contribution in [0.15, 0.2) is 71.8 Å². The Hall–Kier alpha value is -2.15. The minimum Gasteiger partial charge on any atom is -0.348 e. The molecule has 0 bridgehead atoms. The number of rotatable bonds is 3. The zero-order valence-corrected chi connectivity index (χ0v) is 15.3. The van der Waals surface area contributed by atoms with Gasteiger partial charge in [0.25, 0.3) is 0 Å². The van der Waals surface area contributed by atoms with Crippen LogP contribution in [0.1, 0.15) is 17.3 Å². The van der Waals surface area contributed by atoms with E-state index in [-0.39, 0.29) is 4.90 Å². The van der Waals surface area contributed by atoms with Gasteiger partial charge in [0.2, 0.25) is 10.0 Å². The molecule has 0 amide bonds. The minimum absolute atomic E-state index is 0.0814. The summed E-state index contributed by atoms with van der Waals surface area (Å²) >= 11 is 5.99.